The molecule has 1 aromatic heterocycles. The van der Waals surface area contributed by atoms with E-state index in [1.54, 1.807) is 12.1 Å². The van der Waals surface area contributed by atoms with E-state index in [2.05, 4.69) is 40.4 Å². The van der Waals surface area contributed by atoms with Gasteiger partial charge in [-0.1, -0.05) is 18.2 Å². The molecule has 0 spiro atoms. The zero-order chi connectivity index (χ0) is 19.0. The molecule has 1 unspecified atom stereocenters. The summed E-state index contributed by atoms with van der Waals surface area (Å²) in [4.78, 5) is 9.06. The first-order valence-electron chi connectivity index (χ1n) is 9.48. The first-order chi connectivity index (χ1) is 13.0. The number of aromatic hydroxyl groups is 1. The van der Waals surface area contributed by atoms with Crippen molar-refractivity contribution in [3.05, 3.63) is 52.8 Å². The monoisotopic (exact) mass is 363 g/mol. The Kier molecular flexibility index (Phi) is 4.60. The fraction of sp³-hybridized carbons (Fsp3) is 0.364. The van der Waals surface area contributed by atoms with Gasteiger partial charge in [-0.3, -0.25) is 0 Å². The molecule has 0 aliphatic heterocycles. The lowest BCUT2D eigenvalue weighted by atomic mass is 9.89. The number of fused-ring (bicyclic) bond motifs is 2. The molecule has 0 bridgehead atoms. The van der Waals surface area contributed by atoms with Crippen molar-refractivity contribution >= 4 is 16.7 Å². The third kappa shape index (κ3) is 3.42. The predicted octanol–water partition coefficient (Wildman–Crippen LogP) is 4.70. The van der Waals surface area contributed by atoms with Gasteiger partial charge in [-0.15, -0.1) is 0 Å². The molecule has 5 nitrogen and oxygen atoms in total. The average molecular weight is 363 g/mol. The molecule has 5 heteroatoms. The Morgan fingerprint density at radius 3 is 2.63 bits per heavy atom. The van der Waals surface area contributed by atoms with Crippen LogP contribution in [0.25, 0.3) is 10.9 Å². The molecule has 140 valence electrons. The van der Waals surface area contributed by atoms with E-state index < -0.39 is 0 Å². The van der Waals surface area contributed by atoms with Gasteiger partial charge in [0.1, 0.15) is 11.6 Å². The number of hydrogen-bond acceptors (Lipinski definition) is 5. The van der Waals surface area contributed by atoms with Gasteiger partial charge < -0.3 is 15.2 Å². The Morgan fingerprint density at radius 2 is 1.85 bits per heavy atom. The maximum atomic E-state index is 10.2. The van der Waals surface area contributed by atoms with Gasteiger partial charge in [0.05, 0.1) is 12.6 Å². The van der Waals surface area contributed by atoms with Crippen LogP contribution in [0.15, 0.2) is 30.3 Å². The molecule has 0 fully saturated rings. The number of phenols is 1. The molecule has 0 saturated heterocycles. The Hall–Kier alpha value is -2.82. The van der Waals surface area contributed by atoms with Crippen molar-refractivity contribution in [2.75, 3.05) is 12.4 Å². The summed E-state index contributed by atoms with van der Waals surface area (Å²) in [5.74, 6) is 1.90. The predicted molar refractivity (Wildman–Crippen MR) is 108 cm³/mol. The van der Waals surface area contributed by atoms with Gasteiger partial charge in [-0.2, -0.15) is 0 Å². The maximum Gasteiger partial charge on any atom is 0.162 e. The highest BCUT2D eigenvalue weighted by Gasteiger charge is 2.16. The van der Waals surface area contributed by atoms with E-state index in [1.165, 1.54) is 49.5 Å². The standard InChI is InChI=1S/C22H25N3O2/c1-13(16-9-8-15-6-4-5-7-17(15)10-16)23-22-18-11-20(26)21(27-3)12-19(18)24-14(2)25-22/h8-13,26H,4-7H2,1-3H3,(H,23,24,25). The lowest BCUT2D eigenvalue weighted by Crippen LogP contribution is -2.11. The number of phenolic OH excluding ortho intramolecular Hbond substituents is 1. The lowest BCUT2D eigenvalue weighted by molar-refractivity contribution is 0.374. The third-order valence-corrected chi connectivity index (χ3v) is 5.33. The minimum absolute atomic E-state index is 0.0851. The molecule has 0 saturated carbocycles. The Balaban J connectivity index is 1.69. The van der Waals surface area contributed by atoms with Crippen LogP contribution in [0.1, 0.15) is 48.3 Å². The fourth-order valence-electron chi connectivity index (χ4n) is 3.85. The molecule has 0 radical (unpaired) electrons. The van der Waals surface area contributed by atoms with Gasteiger partial charge in [-0.05, 0) is 62.3 Å². The number of rotatable bonds is 4. The number of methoxy groups -OCH3 is 1. The highest BCUT2D eigenvalue weighted by Crippen LogP contribution is 2.34. The number of ether oxygens (including phenoxy) is 1. The zero-order valence-electron chi connectivity index (χ0n) is 16.0. The first-order valence-corrected chi connectivity index (χ1v) is 9.48. The summed E-state index contributed by atoms with van der Waals surface area (Å²) >= 11 is 0. The molecule has 4 rings (SSSR count). The summed E-state index contributed by atoms with van der Waals surface area (Å²) in [5.41, 5.74) is 4.95. The van der Waals surface area contributed by atoms with Crippen LogP contribution in [0.5, 0.6) is 11.5 Å². The number of hydrogen-bond donors (Lipinski definition) is 2. The molecule has 0 amide bonds. The normalized spacial score (nSPS) is 14.6. The Morgan fingerprint density at radius 1 is 1.07 bits per heavy atom. The molecule has 3 aromatic rings. The second-order valence-corrected chi connectivity index (χ2v) is 7.26. The minimum atomic E-state index is 0.0851. The van der Waals surface area contributed by atoms with E-state index in [4.69, 9.17) is 4.74 Å². The van der Waals surface area contributed by atoms with E-state index >= 15 is 0 Å². The summed E-state index contributed by atoms with van der Waals surface area (Å²) in [6.45, 7) is 4.00. The van der Waals surface area contributed by atoms with Gasteiger partial charge >= 0.3 is 0 Å². The molecule has 1 heterocycles. The number of benzene rings is 2. The van der Waals surface area contributed by atoms with Gasteiger partial charge in [0.15, 0.2) is 11.5 Å². The van der Waals surface area contributed by atoms with Crippen LogP contribution >= 0.6 is 0 Å². The summed E-state index contributed by atoms with van der Waals surface area (Å²) in [5, 5.41) is 14.5. The van der Waals surface area contributed by atoms with Crippen molar-refractivity contribution in [3.63, 3.8) is 0 Å². The van der Waals surface area contributed by atoms with Gasteiger partial charge in [0.2, 0.25) is 0 Å². The van der Waals surface area contributed by atoms with Crippen LogP contribution in [0.2, 0.25) is 0 Å². The SMILES string of the molecule is COc1cc2nc(C)nc(NC(C)c3ccc4c(c3)CCCC4)c2cc1O. The summed E-state index contributed by atoms with van der Waals surface area (Å²) < 4.78 is 5.21. The zero-order valence-corrected chi connectivity index (χ0v) is 16.0. The number of anilines is 1. The number of nitrogens with zero attached hydrogens (tertiary/aromatic N) is 2. The molecule has 2 aromatic carbocycles. The van der Waals surface area contributed by atoms with Crippen LogP contribution in [0, 0.1) is 6.92 Å². The van der Waals surface area contributed by atoms with E-state index in [0.717, 1.165) is 16.7 Å². The van der Waals surface area contributed by atoms with Crippen LogP contribution in [-0.4, -0.2) is 22.2 Å². The van der Waals surface area contributed by atoms with Crippen molar-refractivity contribution < 1.29 is 9.84 Å². The van der Waals surface area contributed by atoms with Gasteiger partial charge in [-0.25, -0.2) is 9.97 Å². The van der Waals surface area contributed by atoms with Crippen LogP contribution in [0.4, 0.5) is 5.82 Å². The Bertz CT molecular complexity index is 1000. The smallest absolute Gasteiger partial charge is 0.162 e. The average Bonchev–Trinajstić information content (AvgIpc) is 2.67. The second kappa shape index (κ2) is 7.06. The van der Waals surface area contributed by atoms with E-state index in [9.17, 15) is 5.11 Å². The number of nitrogens with one attached hydrogen (secondary N) is 1. The highest BCUT2D eigenvalue weighted by molar-refractivity contribution is 5.91. The molecule has 2 N–H and O–H groups in total. The van der Waals surface area contributed by atoms with E-state index in [-0.39, 0.29) is 11.8 Å². The topological polar surface area (TPSA) is 67.3 Å². The third-order valence-electron chi connectivity index (χ3n) is 5.33. The molecular formula is C22H25N3O2. The van der Waals surface area contributed by atoms with Crippen molar-refractivity contribution in [2.45, 2.75) is 45.6 Å². The minimum Gasteiger partial charge on any atom is -0.504 e. The highest BCUT2D eigenvalue weighted by atomic mass is 16.5. The van der Waals surface area contributed by atoms with Gasteiger partial charge in [0.25, 0.3) is 0 Å². The largest absolute Gasteiger partial charge is 0.504 e. The number of aryl methyl sites for hydroxylation is 3. The molecule has 1 aliphatic rings. The molecule has 1 aliphatic carbocycles. The lowest BCUT2D eigenvalue weighted by Gasteiger charge is -2.21. The second-order valence-electron chi connectivity index (χ2n) is 7.26. The van der Waals surface area contributed by atoms with Crippen LogP contribution in [0.3, 0.4) is 0 Å². The quantitative estimate of drug-likeness (QED) is 0.703. The Labute approximate surface area is 159 Å². The molecule has 27 heavy (non-hydrogen) atoms. The first kappa shape index (κ1) is 17.6. The fourth-order valence-corrected chi connectivity index (χ4v) is 3.85. The van der Waals surface area contributed by atoms with E-state index in [0.29, 0.717) is 11.6 Å². The summed E-state index contributed by atoms with van der Waals surface area (Å²) in [6.07, 6.45) is 4.92. The van der Waals surface area contributed by atoms with Crippen LogP contribution < -0.4 is 10.1 Å². The van der Waals surface area contributed by atoms with Crippen molar-refractivity contribution in [1.82, 2.24) is 9.97 Å². The summed E-state index contributed by atoms with van der Waals surface area (Å²) in [6, 6.07) is 10.3. The van der Waals surface area contributed by atoms with Gasteiger partial charge in [0, 0.05) is 17.5 Å². The molecule has 1 atom stereocenters. The van der Waals surface area contributed by atoms with Crippen LogP contribution in [-0.2, 0) is 12.8 Å². The van der Waals surface area contributed by atoms with Crippen molar-refractivity contribution in [1.29, 1.82) is 0 Å². The molecular weight excluding hydrogens is 338 g/mol. The number of aromatic nitrogens is 2. The van der Waals surface area contributed by atoms with Crippen molar-refractivity contribution in [3.8, 4) is 11.5 Å². The van der Waals surface area contributed by atoms with Crippen molar-refractivity contribution in [2.24, 2.45) is 0 Å². The summed E-state index contributed by atoms with van der Waals surface area (Å²) in [7, 11) is 1.53. The maximum absolute atomic E-state index is 10.2. The van der Waals surface area contributed by atoms with E-state index in [1.807, 2.05) is 6.92 Å².